The molecule has 1 N–H and O–H groups in total. The van der Waals surface area contributed by atoms with E-state index in [2.05, 4.69) is 5.32 Å². The van der Waals surface area contributed by atoms with Crippen LogP contribution in [0.1, 0.15) is 27.2 Å². The highest BCUT2D eigenvalue weighted by atomic mass is 19.3. The number of alkyl halides is 2. The molecule has 6 heteroatoms. The summed E-state index contributed by atoms with van der Waals surface area (Å²) in [6.07, 6.45) is -0.480. The molecule has 1 saturated heterocycles. The number of hydrogen-bond acceptors (Lipinski definition) is 3. The predicted octanol–water partition coefficient (Wildman–Crippen LogP) is 1.85. The van der Waals surface area contributed by atoms with Crippen molar-refractivity contribution in [2.75, 3.05) is 20.1 Å². The Hall–Kier alpha value is -0.910. The summed E-state index contributed by atoms with van der Waals surface area (Å²) in [5.41, 5.74) is -0.673. The standard InChI is InChI=1S/C11H20F2N2O2/c1-10(2,3)17-9(16)15(4)8-5-6-14-7-11(8,12)13/h8,14H,5-7H2,1-4H3. The highest BCUT2D eigenvalue weighted by Crippen LogP contribution is 2.28. The molecule has 1 fully saturated rings. The van der Waals surface area contributed by atoms with Crippen molar-refractivity contribution in [2.24, 2.45) is 0 Å². The molecule has 0 bridgehead atoms. The topological polar surface area (TPSA) is 41.6 Å². The fourth-order valence-corrected chi connectivity index (χ4v) is 1.76. The van der Waals surface area contributed by atoms with E-state index >= 15 is 0 Å². The summed E-state index contributed by atoms with van der Waals surface area (Å²) >= 11 is 0. The molecule has 0 spiro atoms. The van der Waals surface area contributed by atoms with E-state index in [-0.39, 0.29) is 6.42 Å². The van der Waals surface area contributed by atoms with Gasteiger partial charge in [0.15, 0.2) is 0 Å². The van der Waals surface area contributed by atoms with Gasteiger partial charge in [-0.15, -0.1) is 0 Å². The summed E-state index contributed by atoms with van der Waals surface area (Å²) in [6, 6.07) is -1.10. The summed E-state index contributed by atoms with van der Waals surface area (Å²) in [7, 11) is 1.36. The number of rotatable bonds is 1. The Morgan fingerprint density at radius 2 is 2.06 bits per heavy atom. The molecule has 1 amide bonds. The zero-order chi connectivity index (χ0) is 13.3. The number of nitrogens with one attached hydrogen (secondary N) is 1. The van der Waals surface area contributed by atoms with E-state index in [1.807, 2.05) is 0 Å². The summed E-state index contributed by atoms with van der Waals surface area (Å²) in [5.74, 6) is -2.91. The summed E-state index contributed by atoms with van der Waals surface area (Å²) in [4.78, 5) is 12.7. The van der Waals surface area contributed by atoms with Gasteiger partial charge in [0, 0.05) is 7.05 Å². The van der Waals surface area contributed by atoms with E-state index in [0.717, 1.165) is 4.90 Å². The highest BCUT2D eigenvalue weighted by Gasteiger charge is 2.46. The third-order valence-corrected chi connectivity index (χ3v) is 2.59. The van der Waals surface area contributed by atoms with Crippen LogP contribution in [0.2, 0.25) is 0 Å². The minimum atomic E-state index is -2.91. The number of carbonyl (C=O) groups is 1. The van der Waals surface area contributed by atoms with Gasteiger partial charge in [-0.3, -0.25) is 0 Å². The minimum Gasteiger partial charge on any atom is -0.444 e. The van der Waals surface area contributed by atoms with Crippen molar-refractivity contribution < 1.29 is 18.3 Å². The van der Waals surface area contributed by atoms with E-state index in [1.165, 1.54) is 7.05 Å². The Balaban J connectivity index is 2.68. The van der Waals surface area contributed by atoms with E-state index in [0.29, 0.717) is 6.54 Å². The molecule has 0 aromatic heterocycles. The monoisotopic (exact) mass is 250 g/mol. The molecule has 1 aliphatic heterocycles. The van der Waals surface area contributed by atoms with Crippen molar-refractivity contribution in [3.05, 3.63) is 0 Å². The zero-order valence-corrected chi connectivity index (χ0v) is 10.7. The Labute approximate surface area is 100 Å². The maximum absolute atomic E-state index is 13.6. The number of ether oxygens (including phenoxy) is 1. The second kappa shape index (κ2) is 4.76. The van der Waals surface area contributed by atoms with Crippen LogP contribution in [0.4, 0.5) is 13.6 Å². The van der Waals surface area contributed by atoms with Gasteiger partial charge in [-0.25, -0.2) is 13.6 Å². The molecule has 0 aromatic carbocycles. The molecule has 100 valence electrons. The lowest BCUT2D eigenvalue weighted by Gasteiger charge is -2.38. The smallest absolute Gasteiger partial charge is 0.410 e. The third kappa shape index (κ3) is 3.80. The first kappa shape index (κ1) is 14.2. The number of piperidine rings is 1. The minimum absolute atomic E-state index is 0.225. The number of halogens is 2. The maximum atomic E-state index is 13.6. The van der Waals surface area contributed by atoms with Gasteiger partial charge < -0.3 is 15.0 Å². The Morgan fingerprint density at radius 1 is 1.47 bits per heavy atom. The van der Waals surface area contributed by atoms with Crippen LogP contribution in [-0.4, -0.2) is 48.7 Å². The molecule has 1 atom stereocenters. The first-order valence-corrected chi connectivity index (χ1v) is 5.68. The molecule has 17 heavy (non-hydrogen) atoms. The Bertz CT molecular complexity index is 290. The van der Waals surface area contributed by atoms with Crippen LogP contribution in [0.15, 0.2) is 0 Å². The van der Waals surface area contributed by atoms with Gasteiger partial charge in [0.25, 0.3) is 5.92 Å². The molecular weight excluding hydrogens is 230 g/mol. The fraction of sp³-hybridized carbons (Fsp3) is 0.909. The van der Waals surface area contributed by atoms with Crippen LogP contribution in [0.3, 0.4) is 0 Å². The summed E-state index contributed by atoms with van der Waals surface area (Å²) in [5, 5.41) is 2.62. The number of carbonyl (C=O) groups excluding carboxylic acids is 1. The van der Waals surface area contributed by atoms with Gasteiger partial charge in [-0.05, 0) is 33.7 Å². The van der Waals surface area contributed by atoms with E-state index in [4.69, 9.17) is 4.74 Å². The second-order valence-corrected chi connectivity index (χ2v) is 5.33. The van der Waals surface area contributed by atoms with Crippen molar-refractivity contribution in [3.8, 4) is 0 Å². The van der Waals surface area contributed by atoms with Crippen LogP contribution in [-0.2, 0) is 4.74 Å². The van der Waals surface area contributed by atoms with Crippen LogP contribution in [0.5, 0.6) is 0 Å². The van der Waals surface area contributed by atoms with Crippen molar-refractivity contribution in [1.82, 2.24) is 10.2 Å². The molecule has 1 aliphatic rings. The van der Waals surface area contributed by atoms with Crippen LogP contribution < -0.4 is 5.32 Å². The van der Waals surface area contributed by atoms with Gasteiger partial charge in [0.05, 0.1) is 6.54 Å². The quantitative estimate of drug-likeness (QED) is 0.772. The van der Waals surface area contributed by atoms with E-state index in [1.54, 1.807) is 20.8 Å². The molecule has 4 nitrogen and oxygen atoms in total. The first-order chi connectivity index (χ1) is 7.63. The summed E-state index contributed by atoms with van der Waals surface area (Å²) < 4.78 is 32.3. The zero-order valence-electron chi connectivity index (χ0n) is 10.7. The molecule has 1 rings (SSSR count). The van der Waals surface area contributed by atoms with Gasteiger partial charge in [0.2, 0.25) is 0 Å². The highest BCUT2D eigenvalue weighted by molar-refractivity contribution is 5.68. The van der Waals surface area contributed by atoms with Gasteiger partial charge in [-0.2, -0.15) is 0 Å². The first-order valence-electron chi connectivity index (χ1n) is 5.68. The third-order valence-electron chi connectivity index (χ3n) is 2.59. The lowest BCUT2D eigenvalue weighted by atomic mass is 10.0. The normalized spacial score (nSPS) is 24.2. The molecule has 0 radical (unpaired) electrons. The van der Waals surface area contributed by atoms with E-state index in [9.17, 15) is 13.6 Å². The van der Waals surface area contributed by atoms with Crippen LogP contribution >= 0.6 is 0 Å². The van der Waals surface area contributed by atoms with Crippen molar-refractivity contribution >= 4 is 6.09 Å². The average molecular weight is 250 g/mol. The largest absolute Gasteiger partial charge is 0.444 e. The fourth-order valence-electron chi connectivity index (χ4n) is 1.76. The number of nitrogens with zero attached hydrogens (tertiary/aromatic N) is 1. The average Bonchev–Trinajstić information content (AvgIpc) is 2.13. The van der Waals surface area contributed by atoms with E-state index < -0.39 is 30.2 Å². The lowest BCUT2D eigenvalue weighted by Crippen LogP contribution is -2.58. The Morgan fingerprint density at radius 3 is 2.53 bits per heavy atom. The van der Waals surface area contributed by atoms with Crippen LogP contribution in [0, 0.1) is 0 Å². The van der Waals surface area contributed by atoms with Gasteiger partial charge >= 0.3 is 6.09 Å². The van der Waals surface area contributed by atoms with Crippen molar-refractivity contribution in [2.45, 2.75) is 44.8 Å². The maximum Gasteiger partial charge on any atom is 0.410 e. The molecule has 1 unspecified atom stereocenters. The molecule has 1 heterocycles. The van der Waals surface area contributed by atoms with Crippen LogP contribution in [0.25, 0.3) is 0 Å². The molecule has 0 aliphatic carbocycles. The molecule has 0 saturated carbocycles. The second-order valence-electron chi connectivity index (χ2n) is 5.33. The number of amides is 1. The van der Waals surface area contributed by atoms with Crippen molar-refractivity contribution in [3.63, 3.8) is 0 Å². The molecule has 0 aromatic rings. The van der Waals surface area contributed by atoms with Gasteiger partial charge in [0.1, 0.15) is 11.6 Å². The summed E-state index contributed by atoms with van der Waals surface area (Å²) in [6.45, 7) is 5.20. The van der Waals surface area contributed by atoms with Crippen molar-refractivity contribution in [1.29, 1.82) is 0 Å². The van der Waals surface area contributed by atoms with Gasteiger partial charge in [-0.1, -0.05) is 0 Å². The number of hydrogen-bond donors (Lipinski definition) is 1. The Kier molecular flexibility index (Phi) is 3.96. The molecular formula is C11H20F2N2O2. The SMILES string of the molecule is CN(C(=O)OC(C)(C)C)C1CCNCC1(F)F. The lowest BCUT2D eigenvalue weighted by molar-refractivity contribution is -0.0903. The predicted molar refractivity (Wildman–Crippen MR) is 60.2 cm³/mol.